The maximum atomic E-state index is 10.9. The normalized spacial score (nSPS) is 12.4. The van der Waals surface area contributed by atoms with Crippen LogP contribution in [0.1, 0.15) is 6.92 Å². The van der Waals surface area contributed by atoms with Crippen LogP contribution in [-0.4, -0.2) is 12.6 Å². The molecule has 0 aromatic carbocycles. The zero-order chi connectivity index (χ0) is 8.15. The molecule has 0 aromatic heterocycles. The van der Waals surface area contributed by atoms with E-state index in [1.54, 1.807) is 6.92 Å². The highest BCUT2D eigenvalue weighted by Gasteiger charge is 2.08. The van der Waals surface area contributed by atoms with Gasteiger partial charge in [-0.05, 0) is 68.0 Å². The van der Waals surface area contributed by atoms with Crippen LogP contribution < -0.4 is 0 Å². The number of carbonyl (C=O) groups is 1. The molecule has 5 heteroatoms. The molecule has 0 aliphatic rings. The van der Waals surface area contributed by atoms with E-state index in [-0.39, 0.29) is 5.97 Å². The van der Waals surface area contributed by atoms with Crippen LogP contribution in [0.4, 0.5) is 0 Å². The summed E-state index contributed by atoms with van der Waals surface area (Å²) in [4.78, 5) is 10.9. The molecule has 0 atom stereocenters. The molecule has 0 rings (SSSR count). The highest BCUT2D eigenvalue weighted by Crippen LogP contribution is 2.25. The van der Waals surface area contributed by atoms with Gasteiger partial charge in [-0.3, -0.25) is 0 Å². The summed E-state index contributed by atoms with van der Waals surface area (Å²) in [5, 5.41) is 0. The zero-order valence-electron chi connectivity index (χ0n) is 5.16. The van der Waals surface area contributed by atoms with Crippen LogP contribution in [-0.2, 0) is 9.53 Å². The zero-order valence-corrected chi connectivity index (χ0v) is 11.1. The third-order valence-corrected chi connectivity index (χ3v) is 4.31. The Morgan fingerprint density at radius 3 is 2.40 bits per heavy atom. The van der Waals surface area contributed by atoms with Gasteiger partial charge in [-0.2, -0.15) is 0 Å². The van der Waals surface area contributed by atoms with Gasteiger partial charge in [0.25, 0.3) is 0 Å². The summed E-state index contributed by atoms with van der Waals surface area (Å²) in [5.41, 5.74) is 0. The summed E-state index contributed by atoms with van der Waals surface area (Å²) >= 11 is 7.11. The van der Waals surface area contributed by atoms with Crippen molar-refractivity contribution in [3.8, 4) is 0 Å². The van der Waals surface area contributed by atoms with Crippen molar-refractivity contribution in [2.75, 3.05) is 6.61 Å². The highest BCUT2D eigenvalue weighted by atomic mass is 127. The summed E-state index contributed by atoms with van der Waals surface area (Å²) in [6.45, 7) is 2.20. The molecule has 0 saturated heterocycles. The first-order valence-electron chi connectivity index (χ1n) is 2.47. The number of ether oxygens (including phenoxy) is 1. The second-order valence-corrected chi connectivity index (χ2v) is 5.73. The molecule has 0 unspecified atom stereocenters. The molecule has 0 aliphatic carbocycles. The number of hydrogen-bond donors (Lipinski definition) is 0. The van der Waals surface area contributed by atoms with Gasteiger partial charge in [0, 0.05) is 0 Å². The highest BCUT2D eigenvalue weighted by molar-refractivity contribution is 14.1. The Morgan fingerprint density at radius 2 is 2.10 bits per heavy atom. The lowest BCUT2D eigenvalue weighted by atomic mass is 10.6. The fourth-order valence-electron chi connectivity index (χ4n) is 0.272. The summed E-state index contributed by atoms with van der Waals surface area (Å²) in [5.74, 6) is -0.274. The van der Waals surface area contributed by atoms with Gasteiger partial charge in [0.1, 0.15) is 3.58 Å². The summed E-state index contributed by atoms with van der Waals surface area (Å²) in [6, 6.07) is 0. The van der Waals surface area contributed by atoms with Crippen molar-refractivity contribution >= 4 is 67.1 Å². The third kappa shape index (κ3) is 4.12. The van der Waals surface area contributed by atoms with Gasteiger partial charge in [0.2, 0.25) is 0 Å². The first kappa shape index (κ1) is 11.2. The van der Waals surface area contributed by atoms with Gasteiger partial charge in [-0.15, -0.1) is 0 Å². The first-order valence-corrected chi connectivity index (χ1v) is 5.42. The number of rotatable bonds is 2. The fourth-order valence-corrected chi connectivity index (χ4v) is 0.809. The van der Waals surface area contributed by atoms with E-state index < -0.39 is 0 Å². The Bertz CT molecular complexity index is 163. The van der Waals surface area contributed by atoms with Crippen LogP contribution in [0.3, 0.4) is 0 Å². The lowest BCUT2D eigenvalue weighted by Crippen LogP contribution is -2.03. The Morgan fingerprint density at radius 1 is 1.60 bits per heavy atom. The van der Waals surface area contributed by atoms with E-state index >= 15 is 0 Å². The van der Waals surface area contributed by atoms with Crippen molar-refractivity contribution in [3.63, 3.8) is 0 Å². The monoisotopic (exact) mass is 430 g/mol. The van der Waals surface area contributed by atoms with Crippen molar-refractivity contribution in [1.29, 1.82) is 0 Å². The topological polar surface area (TPSA) is 26.3 Å². The van der Waals surface area contributed by atoms with Crippen LogP contribution in [0.25, 0.3) is 0 Å². The molecule has 0 amide bonds. The summed E-state index contributed by atoms with van der Waals surface area (Å²) < 4.78 is 6.09. The maximum absolute atomic E-state index is 10.9. The smallest absolute Gasteiger partial charge is 0.345 e. The third-order valence-electron chi connectivity index (χ3n) is 0.621. The van der Waals surface area contributed by atoms with Crippen molar-refractivity contribution in [2.45, 2.75) is 6.92 Å². The van der Waals surface area contributed by atoms with Crippen molar-refractivity contribution in [3.05, 3.63) is 6.07 Å². The predicted octanol–water partition coefficient (Wildman–Crippen LogP) is 2.98. The van der Waals surface area contributed by atoms with Gasteiger partial charge < -0.3 is 4.74 Å². The standard InChI is InChI=1S/C5H5BrI2O2/c1-2-10-5(9)3(7)4(6)8/h2H2,1H3/b4-3+. The Balaban J connectivity index is 4.09. The van der Waals surface area contributed by atoms with E-state index in [2.05, 4.69) is 15.9 Å². The second kappa shape index (κ2) is 5.76. The maximum Gasteiger partial charge on any atom is 0.345 e. The molecule has 2 nitrogen and oxygen atoms in total. The molecular weight excluding hydrogens is 426 g/mol. The van der Waals surface area contributed by atoms with Gasteiger partial charge >= 0.3 is 5.97 Å². The quantitative estimate of drug-likeness (QED) is 0.382. The molecule has 0 aromatic rings. The summed E-state index contributed by atoms with van der Waals surface area (Å²) in [7, 11) is 0. The van der Waals surface area contributed by atoms with Crippen molar-refractivity contribution in [1.82, 2.24) is 0 Å². The molecular formula is C5H5BrI2O2. The van der Waals surface area contributed by atoms with E-state index in [9.17, 15) is 4.79 Å². The van der Waals surface area contributed by atoms with Crippen LogP contribution in [0.5, 0.6) is 0 Å². The van der Waals surface area contributed by atoms with E-state index in [1.807, 2.05) is 45.2 Å². The minimum atomic E-state index is -0.274. The van der Waals surface area contributed by atoms with Gasteiger partial charge in [0.15, 0.2) is 0 Å². The molecule has 0 spiro atoms. The van der Waals surface area contributed by atoms with E-state index in [1.165, 1.54) is 0 Å². The molecule has 0 heterocycles. The fraction of sp³-hybridized carbons (Fsp3) is 0.400. The Kier molecular flexibility index (Phi) is 6.42. The van der Waals surface area contributed by atoms with Gasteiger partial charge in [0.05, 0.1) is 9.10 Å². The minimum Gasteiger partial charge on any atom is -0.462 e. The van der Waals surface area contributed by atoms with E-state index in [0.29, 0.717) is 10.2 Å². The SMILES string of the molecule is CCOC(=O)/C(I)=C(/Br)I. The number of carbonyl (C=O) groups excluding carboxylic acids is 1. The molecule has 0 saturated carbocycles. The lowest BCUT2D eigenvalue weighted by Gasteiger charge is -1.98. The second-order valence-electron chi connectivity index (χ2n) is 1.29. The van der Waals surface area contributed by atoms with E-state index in [0.717, 1.165) is 2.49 Å². The first-order chi connectivity index (χ1) is 4.59. The molecule has 0 N–H and O–H groups in total. The van der Waals surface area contributed by atoms with Crippen molar-refractivity contribution < 1.29 is 9.53 Å². The average molecular weight is 431 g/mol. The summed E-state index contributed by atoms with van der Waals surface area (Å²) in [6.07, 6.45) is 0. The van der Waals surface area contributed by atoms with Crippen LogP contribution in [0.15, 0.2) is 6.07 Å². The largest absolute Gasteiger partial charge is 0.462 e. The Hall–Kier alpha value is 1.15. The molecule has 0 radical (unpaired) electrons. The van der Waals surface area contributed by atoms with Gasteiger partial charge in [-0.25, -0.2) is 4.79 Å². The van der Waals surface area contributed by atoms with Crippen LogP contribution in [0, 0.1) is 0 Å². The lowest BCUT2D eigenvalue weighted by molar-refractivity contribution is -0.137. The van der Waals surface area contributed by atoms with Gasteiger partial charge in [-0.1, -0.05) is 0 Å². The number of halogens is 3. The van der Waals surface area contributed by atoms with Crippen molar-refractivity contribution in [2.24, 2.45) is 0 Å². The molecule has 0 aliphatic heterocycles. The molecule has 0 bridgehead atoms. The molecule has 58 valence electrons. The minimum absolute atomic E-state index is 0.274. The Labute approximate surface area is 95.2 Å². The van der Waals surface area contributed by atoms with Crippen LogP contribution in [0.2, 0.25) is 0 Å². The van der Waals surface area contributed by atoms with E-state index in [4.69, 9.17) is 4.74 Å². The average Bonchev–Trinajstić information content (AvgIpc) is 1.87. The predicted molar refractivity (Wildman–Crippen MR) is 60.6 cm³/mol. The number of hydrogen-bond acceptors (Lipinski definition) is 2. The number of esters is 1. The molecule has 10 heavy (non-hydrogen) atoms. The van der Waals surface area contributed by atoms with Crippen LogP contribution >= 0.6 is 61.1 Å². The molecule has 0 fully saturated rings.